The molecule has 5 atom stereocenters. The second kappa shape index (κ2) is 20.9. The van der Waals surface area contributed by atoms with Gasteiger partial charge in [0.1, 0.15) is 0 Å². The molecule has 2 fully saturated rings. The number of amides is 1. The fourth-order valence-corrected chi connectivity index (χ4v) is 7.19. The summed E-state index contributed by atoms with van der Waals surface area (Å²) in [6, 6.07) is 16.0. The molecule has 4 rings (SSSR count). The Balaban J connectivity index is 1.26. The molecule has 2 heterocycles. The number of unbranched alkanes of at least 4 members (excludes halogenated alkanes) is 12. The molecule has 3 N–H and O–H groups in total. The number of rotatable bonds is 21. The lowest BCUT2D eigenvalue weighted by Gasteiger charge is -2.43. The number of benzene rings is 2. The van der Waals surface area contributed by atoms with Crippen molar-refractivity contribution in [3.05, 3.63) is 65.2 Å². The lowest BCUT2D eigenvalue weighted by atomic mass is 9.90. The fraction of sp³-hybridized carbons (Fsp3) is 0.675. The summed E-state index contributed by atoms with van der Waals surface area (Å²) in [6.07, 6.45) is 18.5. The summed E-state index contributed by atoms with van der Waals surface area (Å²) in [6.45, 7) is 6.29. The predicted molar refractivity (Wildman–Crippen MR) is 190 cm³/mol. The predicted octanol–water partition coefficient (Wildman–Crippen LogP) is 8.85. The van der Waals surface area contributed by atoms with Gasteiger partial charge in [-0.25, -0.2) is 0 Å². The maximum absolute atomic E-state index is 12.8. The lowest BCUT2D eigenvalue weighted by Crippen LogP contribution is -2.46. The van der Waals surface area contributed by atoms with Crippen molar-refractivity contribution in [2.24, 2.45) is 5.92 Å². The third kappa shape index (κ3) is 12.3. The highest BCUT2D eigenvalue weighted by molar-refractivity contribution is 5.90. The monoisotopic (exact) mass is 650 g/mol. The molecule has 2 aliphatic rings. The van der Waals surface area contributed by atoms with E-state index in [1.807, 2.05) is 48.5 Å². The number of anilines is 1. The molecule has 0 bridgehead atoms. The van der Waals surface area contributed by atoms with Gasteiger partial charge in [-0.1, -0.05) is 127 Å². The van der Waals surface area contributed by atoms with Gasteiger partial charge in [-0.05, 0) is 49.1 Å². The third-order valence-electron chi connectivity index (χ3n) is 10.2. The van der Waals surface area contributed by atoms with Crippen LogP contribution in [-0.2, 0) is 20.9 Å². The Bertz CT molecular complexity index is 1160. The molecule has 0 radical (unpaired) electrons. The quantitative estimate of drug-likeness (QED) is 0.117. The topological polar surface area (TPSA) is 91.3 Å². The standard InChI is InChI=1S/C40H62N2O5/c1-3-4-5-6-7-8-9-10-11-12-13-14-15-21-38(45)41-35-19-16-18-34(27-35)40-46-37(28-42-26-17-20-36(42)30-44)31(2)39(47-40)33-24-22-32(29-43)23-25-33/h16,18-19,22-25,27,31,36-37,39-40,43-44H,3-15,17,20-21,26,28-30H2,1-2H3,(H,41,45). The highest BCUT2D eigenvalue weighted by Gasteiger charge is 2.40. The van der Waals surface area contributed by atoms with Crippen molar-refractivity contribution < 1.29 is 24.5 Å². The maximum atomic E-state index is 12.8. The Morgan fingerprint density at radius 2 is 1.51 bits per heavy atom. The van der Waals surface area contributed by atoms with Crippen LogP contribution in [0, 0.1) is 5.92 Å². The smallest absolute Gasteiger partial charge is 0.224 e. The van der Waals surface area contributed by atoms with Crippen molar-refractivity contribution in [1.29, 1.82) is 0 Å². The first kappa shape index (κ1) is 37.5. The molecule has 0 spiro atoms. The Morgan fingerprint density at radius 3 is 2.15 bits per heavy atom. The number of ether oxygens (including phenoxy) is 2. The average molecular weight is 651 g/mol. The maximum Gasteiger partial charge on any atom is 0.224 e. The van der Waals surface area contributed by atoms with Gasteiger partial charge in [-0.3, -0.25) is 9.69 Å². The molecule has 0 aromatic heterocycles. The van der Waals surface area contributed by atoms with E-state index in [0.29, 0.717) is 6.42 Å². The highest BCUT2D eigenvalue weighted by Crippen LogP contribution is 2.42. The largest absolute Gasteiger partial charge is 0.395 e. The first-order valence-corrected chi connectivity index (χ1v) is 18.8. The number of hydrogen-bond donors (Lipinski definition) is 3. The van der Waals surface area contributed by atoms with Gasteiger partial charge in [0, 0.05) is 36.2 Å². The summed E-state index contributed by atoms with van der Waals surface area (Å²) < 4.78 is 13.3. The number of nitrogens with zero attached hydrogens (tertiary/aromatic N) is 1. The Morgan fingerprint density at radius 1 is 0.851 bits per heavy atom. The van der Waals surface area contributed by atoms with Crippen LogP contribution in [0.4, 0.5) is 5.69 Å². The first-order chi connectivity index (χ1) is 23.0. The molecular weight excluding hydrogens is 588 g/mol. The van der Waals surface area contributed by atoms with Crippen molar-refractivity contribution in [3.8, 4) is 0 Å². The second-order valence-electron chi connectivity index (χ2n) is 14.0. The second-order valence-corrected chi connectivity index (χ2v) is 14.0. The minimum atomic E-state index is -0.591. The summed E-state index contributed by atoms with van der Waals surface area (Å²) in [5.74, 6) is 0.127. The van der Waals surface area contributed by atoms with E-state index in [4.69, 9.17) is 9.47 Å². The number of carbonyl (C=O) groups is 1. The number of aliphatic hydroxyl groups is 2. The van der Waals surface area contributed by atoms with E-state index < -0.39 is 6.29 Å². The SMILES string of the molecule is CCCCCCCCCCCCCCCC(=O)Nc1cccc(C2OC(CN3CCCC3CO)C(C)C(c3ccc(CO)cc3)O2)c1. The summed E-state index contributed by atoms with van der Waals surface area (Å²) >= 11 is 0. The molecule has 2 saturated heterocycles. The van der Waals surface area contributed by atoms with Crippen molar-refractivity contribution in [2.75, 3.05) is 25.0 Å². The molecule has 0 saturated carbocycles. The molecule has 47 heavy (non-hydrogen) atoms. The van der Waals surface area contributed by atoms with E-state index in [1.54, 1.807) is 0 Å². The van der Waals surface area contributed by atoms with E-state index in [2.05, 4.69) is 24.1 Å². The number of carbonyl (C=O) groups excluding carboxylic acids is 1. The van der Waals surface area contributed by atoms with Crippen LogP contribution in [0.1, 0.15) is 146 Å². The van der Waals surface area contributed by atoms with Gasteiger partial charge in [-0.2, -0.15) is 0 Å². The van der Waals surface area contributed by atoms with Crippen molar-refractivity contribution in [3.63, 3.8) is 0 Å². The van der Waals surface area contributed by atoms with E-state index in [9.17, 15) is 15.0 Å². The Labute approximate surface area is 284 Å². The highest BCUT2D eigenvalue weighted by atomic mass is 16.7. The van der Waals surface area contributed by atoms with Gasteiger partial charge in [0.15, 0.2) is 6.29 Å². The van der Waals surface area contributed by atoms with E-state index in [0.717, 1.165) is 61.2 Å². The van der Waals surface area contributed by atoms with Gasteiger partial charge < -0.3 is 25.0 Å². The number of nitrogens with one attached hydrogen (secondary N) is 1. The molecule has 1 amide bonds. The zero-order valence-electron chi connectivity index (χ0n) is 29.2. The van der Waals surface area contributed by atoms with Gasteiger partial charge >= 0.3 is 0 Å². The summed E-state index contributed by atoms with van der Waals surface area (Å²) in [5, 5.41) is 22.6. The molecule has 2 aliphatic heterocycles. The Kier molecular flexibility index (Phi) is 16.7. The van der Waals surface area contributed by atoms with E-state index in [-0.39, 0.29) is 43.3 Å². The van der Waals surface area contributed by atoms with Gasteiger partial charge in [0.2, 0.25) is 5.91 Å². The van der Waals surface area contributed by atoms with Crippen LogP contribution in [0.15, 0.2) is 48.5 Å². The van der Waals surface area contributed by atoms with Crippen LogP contribution in [0.5, 0.6) is 0 Å². The van der Waals surface area contributed by atoms with Crippen LogP contribution < -0.4 is 5.32 Å². The summed E-state index contributed by atoms with van der Waals surface area (Å²) in [4.78, 5) is 15.2. The van der Waals surface area contributed by atoms with Crippen LogP contribution in [0.3, 0.4) is 0 Å². The lowest BCUT2D eigenvalue weighted by molar-refractivity contribution is -0.276. The number of hydrogen-bond acceptors (Lipinski definition) is 6. The third-order valence-corrected chi connectivity index (χ3v) is 10.2. The molecule has 5 unspecified atom stereocenters. The molecular formula is C40H62N2O5. The molecule has 2 aromatic rings. The molecule has 7 heteroatoms. The van der Waals surface area contributed by atoms with E-state index in [1.165, 1.54) is 70.6 Å². The van der Waals surface area contributed by atoms with Crippen LogP contribution >= 0.6 is 0 Å². The number of likely N-dealkylation sites (tertiary alicyclic amines) is 1. The van der Waals surface area contributed by atoms with Crippen molar-refractivity contribution >= 4 is 11.6 Å². The minimum Gasteiger partial charge on any atom is -0.395 e. The first-order valence-electron chi connectivity index (χ1n) is 18.8. The molecule has 262 valence electrons. The summed E-state index contributed by atoms with van der Waals surface area (Å²) in [5.41, 5.74) is 3.55. The fourth-order valence-electron chi connectivity index (χ4n) is 7.19. The summed E-state index contributed by atoms with van der Waals surface area (Å²) in [7, 11) is 0. The van der Waals surface area contributed by atoms with Crippen LogP contribution in [0.25, 0.3) is 0 Å². The van der Waals surface area contributed by atoms with Crippen LogP contribution in [-0.4, -0.2) is 52.9 Å². The van der Waals surface area contributed by atoms with E-state index >= 15 is 0 Å². The normalized spacial score (nSPS) is 23.3. The zero-order valence-corrected chi connectivity index (χ0v) is 29.2. The molecule has 7 nitrogen and oxygen atoms in total. The minimum absolute atomic E-state index is 0.00506. The Hall–Kier alpha value is -2.29. The van der Waals surface area contributed by atoms with Crippen molar-refractivity contribution in [1.82, 2.24) is 4.90 Å². The van der Waals surface area contributed by atoms with Crippen LogP contribution in [0.2, 0.25) is 0 Å². The molecule has 0 aliphatic carbocycles. The van der Waals surface area contributed by atoms with Gasteiger partial charge in [-0.15, -0.1) is 0 Å². The van der Waals surface area contributed by atoms with Crippen molar-refractivity contribution in [2.45, 2.75) is 148 Å². The molecule has 2 aromatic carbocycles. The zero-order chi connectivity index (χ0) is 33.3. The number of aliphatic hydroxyl groups excluding tert-OH is 2. The van der Waals surface area contributed by atoms with Gasteiger partial charge in [0.25, 0.3) is 0 Å². The average Bonchev–Trinajstić information content (AvgIpc) is 3.55. The van der Waals surface area contributed by atoms with Gasteiger partial charge in [0.05, 0.1) is 25.4 Å².